The summed E-state index contributed by atoms with van der Waals surface area (Å²) < 4.78 is 30.5. The first-order valence-corrected chi connectivity index (χ1v) is 8.78. The van der Waals surface area contributed by atoms with Gasteiger partial charge in [-0.25, -0.2) is 9.18 Å². The van der Waals surface area contributed by atoms with Crippen LogP contribution in [-0.2, 0) is 27.4 Å². The standard InChI is InChI=1S/C19H21BrFNO4/c1-24-18(25-2)12-22(11-15-10-16(20)8-9-17(15)21)19(23)26-13-14-6-4-3-5-7-14/h3-10,18H,11-13H2,1-2H3. The van der Waals surface area contributed by atoms with Gasteiger partial charge in [-0.05, 0) is 23.8 Å². The number of amides is 1. The van der Waals surface area contributed by atoms with Crippen LogP contribution in [0, 0.1) is 5.82 Å². The predicted octanol–water partition coefficient (Wildman–Crippen LogP) is 4.35. The number of hydrogen-bond acceptors (Lipinski definition) is 4. The first-order chi connectivity index (χ1) is 12.5. The van der Waals surface area contributed by atoms with Gasteiger partial charge in [0.2, 0.25) is 0 Å². The maximum atomic E-state index is 14.1. The number of benzene rings is 2. The average molecular weight is 426 g/mol. The zero-order valence-corrected chi connectivity index (χ0v) is 16.2. The number of ether oxygens (including phenoxy) is 3. The van der Waals surface area contributed by atoms with Crippen molar-refractivity contribution in [2.75, 3.05) is 20.8 Å². The molecule has 0 N–H and O–H groups in total. The highest BCUT2D eigenvalue weighted by Gasteiger charge is 2.22. The minimum atomic E-state index is -0.644. The average Bonchev–Trinajstić information content (AvgIpc) is 2.66. The third-order valence-corrected chi connectivity index (χ3v) is 4.22. The van der Waals surface area contributed by atoms with E-state index in [2.05, 4.69) is 15.9 Å². The maximum absolute atomic E-state index is 14.1. The number of carbonyl (C=O) groups excluding carboxylic acids is 1. The van der Waals surface area contributed by atoms with Gasteiger partial charge in [-0.1, -0.05) is 46.3 Å². The van der Waals surface area contributed by atoms with Crippen LogP contribution >= 0.6 is 15.9 Å². The lowest BCUT2D eigenvalue weighted by Crippen LogP contribution is -2.39. The number of halogens is 2. The van der Waals surface area contributed by atoms with E-state index in [1.165, 1.54) is 25.2 Å². The molecule has 140 valence electrons. The minimum Gasteiger partial charge on any atom is -0.445 e. The molecular formula is C19H21BrFNO4. The lowest BCUT2D eigenvalue weighted by atomic mass is 10.2. The number of methoxy groups -OCH3 is 2. The Morgan fingerprint density at radius 2 is 1.85 bits per heavy atom. The molecule has 0 saturated heterocycles. The molecule has 0 aliphatic carbocycles. The highest BCUT2D eigenvalue weighted by molar-refractivity contribution is 9.10. The minimum absolute atomic E-state index is 0.0299. The summed E-state index contributed by atoms with van der Waals surface area (Å²) >= 11 is 3.31. The Hall–Kier alpha value is -1.96. The molecule has 0 aliphatic heterocycles. The SMILES string of the molecule is COC(CN(Cc1cc(Br)ccc1F)C(=O)OCc1ccccc1)OC. The van der Waals surface area contributed by atoms with Gasteiger partial charge in [-0.2, -0.15) is 0 Å². The highest BCUT2D eigenvalue weighted by Crippen LogP contribution is 2.18. The van der Waals surface area contributed by atoms with E-state index in [0.717, 1.165) is 10.0 Å². The fraction of sp³-hybridized carbons (Fsp3) is 0.316. The molecule has 0 aromatic heterocycles. The van der Waals surface area contributed by atoms with Gasteiger partial charge >= 0.3 is 6.09 Å². The molecule has 0 bridgehead atoms. The molecule has 0 spiro atoms. The van der Waals surface area contributed by atoms with Gasteiger partial charge in [-0.3, -0.25) is 4.90 Å². The van der Waals surface area contributed by atoms with E-state index < -0.39 is 18.2 Å². The summed E-state index contributed by atoms with van der Waals surface area (Å²) in [4.78, 5) is 13.9. The van der Waals surface area contributed by atoms with Crippen LogP contribution in [0.15, 0.2) is 53.0 Å². The van der Waals surface area contributed by atoms with Crippen LogP contribution in [-0.4, -0.2) is 38.0 Å². The summed E-state index contributed by atoms with van der Waals surface area (Å²) in [5.74, 6) is -0.402. The summed E-state index contributed by atoms with van der Waals surface area (Å²) in [5.41, 5.74) is 1.23. The van der Waals surface area contributed by atoms with Gasteiger partial charge in [-0.15, -0.1) is 0 Å². The summed E-state index contributed by atoms with van der Waals surface area (Å²) in [6, 6.07) is 13.9. The molecule has 1 amide bonds. The molecule has 0 unspecified atom stereocenters. The molecule has 5 nitrogen and oxygen atoms in total. The van der Waals surface area contributed by atoms with Gasteiger partial charge in [0.25, 0.3) is 0 Å². The van der Waals surface area contributed by atoms with Crippen molar-refractivity contribution in [3.63, 3.8) is 0 Å². The molecule has 7 heteroatoms. The number of rotatable bonds is 8. The van der Waals surface area contributed by atoms with Crippen LogP contribution in [0.4, 0.5) is 9.18 Å². The van der Waals surface area contributed by atoms with Crippen molar-refractivity contribution in [1.82, 2.24) is 4.90 Å². The van der Waals surface area contributed by atoms with Crippen molar-refractivity contribution >= 4 is 22.0 Å². The van der Waals surface area contributed by atoms with Crippen molar-refractivity contribution < 1.29 is 23.4 Å². The highest BCUT2D eigenvalue weighted by atomic mass is 79.9. The van der Waals surface area contributed by atoms with Gasteiger partial charge < -0.3 is 14.2 Å². The zero-order chi connectivity index (χ0) is 18.9. The van der Waals surface area contributed by atoms with Gasteiger partial charge in [0, 0.05) is 24.3 Å². The summed E-state index contributed by atoms with van der Waals surface area (Å²) in [7, 11) is 2.95. The summed E-state index contributed by atoms with van der Waals surface area (Å²) in [5, 5.41) is 0. The molecule has 2 aromatic rings. The first kappa shape index (κ1) is 20.4. The van der Waals surface area contributed by atoms with Crippen LogP contribution in [0.2, 0.25) is 0 Å². The van der Waals surface area contributed by atoms with Crippen LogP contribution < -0.4 is 0 Å². The van der Waals surface area contributed by atoms with E-state index in [9.17, 15) is 9.18 Å². The fourth-order valence-corrected chi connectivity index (χ4v) is 2.72. The molecule has 0 fully saturated rings. The second kappa shape index (κ2) is 10.3. The Balaban J connectivity index is 2.11. The second-order valence-corrected chi connectivity index (χ2v) is 6.47. The molecule has 26 heavy (non-hydrogen) atoms. The maximum Gasteiger partial charge on any atom is 0.410 e. The van der Waals surface area contributed by atoms with Gasteiger partial charge in [0.1, 0.15) is 12.4 Å². The molecule has 0 atom stereocenters. The molecule has 0 aliphatic rings. The van der Waals surface area contributed by atoms with Crippen LogP contribution in [0.1, 0.15) is 11.1 Å². The number of hydrogen-bond donors (Lipinski definition) is 0. The van der Waals surface area contributed by atoms with Gasteiger partial charge in [0.15, 0.2) is 6.29 Å². The molecule has 0 saturated carbocycles. The fourth-order valence-electron chi connectivity index (χ4n) is 2.31. The smallest absolute Gasteiger partial charge is 0.410 e. The van der Waals surface area contributed by atoms with Crippen molar-refractivity contribution in [2.45, 2.75) is 19.4 Å². The van der Waals surface area contributed by atoms with E-state index in [-0.39, 0.29) is 19.7 Å². The van der Waals surface area contributed by atoms with E-state index >= 15 is 0 Å². The Morgan fingerprint density at radius 3 is 2.50 bits per heavy atom. The molecule has 2 rings (SSSR count). The molecule has 0 heterocycles. The Bertz CT molecular complexity index is 710. The van der Waals surface area contributed by atoms with E-state index in [0.29, 0.717) is 5.56 Å². The van der Waals surface area contributed by atoms with Crippen molar-refractivity contribution in [3.05, 3.63) is 69.9 Å². The Kier molecular flexibility index (Phi) is 8.03. The molecule has 0 radical (unpaired) electrons. The van der Waals surface area contributed by atoms with E-state index in [4.69, 9.17) is 14.2 Å². The predicted molar refractivity (Wildman–Crippen MR) is 98.9 cm³/mol. The third-order valence-electron chi connectivity index (χ3n) is 3.73. The van der Waals surface area contributed by atoms with Crippen molar-refractivity contribution in [3.8, 4) is 0 Å². The summed E-state index contributed by atoms with van der Waals surface area (Å²) in [6.07, 6.45) is -1.22. The zero-order valence-electron chi connectivity index (χ0n) is 14.7. The normalized spacial score (nSPS) is 10.8. The quantitative estimate of drug-likeness (QED) is 0.590. The summed E-state index contributed by atoms with van der Waals surface area (Å²) in [6.45, 7) is 0.260. The topological polar surface area (TPSA) is 48.0 Å². The van der Waals surface area contributed by atoms with Crippen molar-refractivity contribution in [1.29, 1.82) is 0 Å². The molecule has 2 aromatic carbocycles. The van der Waals surface area contributed by atoms with Gasteiger partial charge in [0.05, 0.1) is 13.1 Å². The van der Waals surface area contributed by atoms with E-state index in [1.54, 1.807) is 12.1 Å². The number of nitrogens with zero attached hydrogens (tertiary/aromatic N) is 1. The Morgan fingerprint density at radius 1 is 1.15 bits per heavy atom. The monoisotopic (exact) mass is 425 g/mol. The second-order valence-electron chi connectivity index (χ2n) is 5.56. The third kappa shape index (κ3) is 6.09. The van der Waals surface area contributed by atoms with Crippen molar-refractivity contribution in [2.24, 2.45) is 0 Å². The number of carbonyl (C=O) groups is 1. The van der Waals surface area contributed by atoms with Crippen LogP contribution in [0.25, 0.3) is 0 Å². The van der Waals surface area contributed by atoms with Crippen LogP contribution in [0.3, 0.4) is 0 Å². The molecular weight excluding hydrogens is 405 g/mol. The lowest BCUT2D eigenvalue weighted by molar-refractivity contribution is -0.114. The van der Waals surface area contributed by atoms with E-state index in [1.807, 2.05) is 30.3 Å². The largest absolute Gasteiger partial charge is 0.445 e. The van der Waals surface area contributed by atoms with Crippen LogP contribution in [0.5, 0.6) is 0 Å². The Labute approximate surface area is 160 Å². The first-order valence-electron chi connectivity index (χ1n) is 7.98. The lowest BCUT2D eigenvalue weighted by Gasteiger charge is -2.26.